The van der Waals surface area contributed by atoms with Gasteiger partial charge in [-0.15, -0.1) is 0 Å². The van der Waals surface area contributed by atoms with Gasteiger partial charge in [0.1, 0.15) is 5.75 Å². The first-order valence-electron chi connectivity index (χ1n) is 9.36. The lowest BCUT2D eigenvalue weighted by Gasteiger charge is -2.24. The molecule has 0 aliphatic rings. The lowest BCUT2D eigenvalue weighted by atomic mass is 9.84. The zero-order valence-electron chi connectivity index (χ0n) is 16.6. The highest BCUT2D eigenvalue weighted by Gasteiger charge is 2.26. The molecule has 0 spiro atoms. The second kappa shape index (κ2) is 7.87. The molecule has 0 saturated carbocycles. The average molecular weight is 364 g/mol. The third kappa shape index (κ3) is 4.33. The fourth-order valence-electron chi connectivity index (χ4n) is 3.46. The zero-order valence-corrected chi connectivity index (χ0v) is 16.6. The minimum atomic E-state index is -0.186. The number of aromatic nitrogens is 1. The van der Waals surface area contributed by atoms with E-state index in [4.69, 9.17) is 4.74 Å². The van der Waals surface area contributed by atoms with E-state index in [1.54, 1.807) is 14.0 Å². The number of carbonyl (C=O) groups is 1. The highest BCUT2D eigenvalue weighted by molar-refractivity contribution is 5.86. The van der Waals surface area contributed by atoms with Crippen molar-refractivity contribution in [1.82, 2.24) is 9.88 Å². The second-order valence-corrected chi connectivity index (χ2v) is 7.65. The number of nitrogens with one attached hydrogen (secondary N) is 1. The minimum absolute atomic E-state index is 0.00605. The minimum Gasteiger partial charge on any atom is -0.497 e. The number of amides is 1. The lowest BCUT2D eigenvalue weighted by molar-refractivity contribution is -0.119. The Morgan fingerprint density at radius 2 is 1.89 bits per heavy atom. The molecule has 3 rings (SSSR count). The van der Waals surface area contributed by atoms with Crippen molar-refractivity contribution in [2.75, 3.05) is 13.7 Å². The Bertz CT molecular complexity index is 926. The summed E-state index contributed by atoms with van der Waals surface area (Å²) in [6, 6.07) is 16.8. The zero-order chi connectivity index (χ0) is 19.4. The normalized spacial score (nSPS) is 11.6. The summed E-state index contributed by atoms with van der Waals surface area (Å²) in [6.45, 7) is 7.39. The molecule has 0 fully saturated rings. The van der Waals surface area contributed by atoms with Crippen LogP contribution in [0, 0.1) is 0 Å². The van der Waals surface area contributed by atoms with Crippen molar-refractivity contribution in [3.8, 4) is 5.75 Å². The quantitative estimate of drug-likeness (QED) is 0.679. The van der Waals surface area contributed by atoms with Crippen molar-refractivity contribution in [1.29, 1.82) is 0 Å². The highest BCUT2D eigenvalue weighted by atomic mass is 16.5. The summed E-state index contributed by atoms with van der Waals surface area (Å²) in [4.78, 5) is 11.4. The van der Waals surface area contributed by atoms with Crippen molar-refractivity contribution in [3.63, 3.8) is 0 Å². The molecule has 1 N–H and O–H groups in total. The van der Waals surface area contributed by atoms with Gasteiger partial charge in [-0.1, -0.05) is 44.2 Å². The Balaban J connectivity index is 1.98. The summed E-state index contributed by atoms with van der Waals surface area (Å²) in [7, 11) is 1.69. The first kappa shape index (κ1) is 19.0. The molecule has 4 heteroatoms. The summed E-state index contributed by atoms with van der Waals surface area (Å²) in [5.41, 5.74) is 3.55. The van der Waals surface area contributed by atoms with Crippen LogP contribution < -0.4 is 10.1 Å². The molecular formula is C23H28N2O2. The lowest BCUT2D eigenvalue weighted by Crippen LogP contribution is -2.35. The number of nitrogens with zero attached hydrogens (tertiary/aromatic N) is 1. The van der Waals surface area contributed by atoms with Crippen LogP contribution in [0.2, 0.25) is 0 Å². The SMILES string of the molecule is COc1ccc2c(c1)c(C(C)(C)CNC(C)=O)cn2CCc1ccccc1. The van der Waals surface area contributed by atoms with Crippen molar-refractivity contribution in [3.05, 3.63) is 65.9 Å². The molecule has 27 heavy (non-hydrogen) atoms. The summed E-state index contributed by atoms with van der Waals surface area (Å²) < 4.78 is 7.76. The van der Waals surface area contributed by atoms with E-state index in [1.165, 1.54) is 22.0 Å². The summed E-state index contributed by atoms with van der Waals surface area (Å²) >= 11 is 0. The second-order valence-electron chi connectivity index (χ2n) is 7.65. The third-order valence-corrected chi connectivity index (χ3v) is 5.08. The summed E-state index contributed by atoms with van der Waals surface area (Å²) in [5.74, 6) is 0.841. The molecule has 0 aliphatic heterocycles. The van der Waals surface area contributed by atoms with Gasteiger partial charge in [0.25, 0.3) is 0 Å². The average Bonchev–Trinajstić information content (AvgIpc) is 3.04. The van der Waals surface area contributed by atoms with Gasteiger partial charge in [0, 0.05) is 42.5 Å². The maximum atomic E-state index is 11.4. The summed E-state index contributed by atoms with van der Waals surface area (Å²) in [6.07, 6.45) is 3.21. The monoisotopic (exact) mass is 364 g/mol. The van der Waals surface area contributed by atoms with E-state index < -0.39 is 0 Å². The van der Waals surface area contributed by atoms with Gasteiger partial charge in [0.2, 0.25) is 5.91 Å². The van der Waals surface area contributed by atoms with Gasteiger partial charge in [0.05, 0.1) is 7.11 Å². The topological polar surface area (TPSA) is 43.3 Å². The maximum absolute atomic E-state index is 11.4. The van der Waals surface area contributed by atoms with Crippen molar-refractivity contribution in [2.45, 2.75) is 39.2 Å². The van der Waals surface area contributed by atoms with Gasteiger partial charge in [-0.25, -0.2) is 0 Å². The number of rotatable bonds is 7. The molecule has 142 valence electrons. The van der Waals surface area contributed by atoms with Crippen LogP contribution in [0.25, 0.3) is 10.9 Å². The Hall–Kier alpha value is -2.75. The first-order valence-corrected chi connectivity index (χ1v) is 9.36. The Morgan fingerprint density at radius 3 is 2.56 bits per heavy atom. The first-order chi connectivity index (χ1) is 12.9. The predicted molar refractivity (Wildman–Crippen MR) is 110 cm³/mol. The van der Waals surface area contributed by atoms with Crippen LogP contribution in [-0.2, 0) is 23.2 Å². The van der Waals surface area contributed by atoms with Crippen LogP contribution in [0.1, 0.15) is 31.9 Å². The van der Waals surface area contributed by atoms with Crippen LogP contribution in [0.15, 0.2) is 54.7 Å². The van der Waals surface area contributed by atoms with Crippen LogP contribution in [-0.4, -0.2) is 24.1 Å². The Labute approximate surface area is 161 Å². The van der Waals surface area contributed by atoms with E-state index in [9.17, 15) is 4.79 Å². The molecule has 0 atom stereocenters. The molecule has 3 aromatic rings. The number of benzene rings is 2. The van der Waals surface area contributed by atoms with Crippen molar-refractivity contribution >= 4 is 16.8 Å². The van der Waals surface area contributed by atoms with Crippen molar-refractivity contribution in [2.24, 2.45) is 0 Å². The van der Waals surface area contributed by atoms with E-state index in [-0.39, 0.29) is 11.3 Å². The summed E-state index contributed by atoms with van der Waals surface area (Å²) in [5, 5.41) is 4.14. The molecule has 1 heterocycles. The number of hydrogen-bond acceptors (Lipinski definition) is 2. The van der Waals surface area contributed by atoms with Gasteiger partial charge >= 0.3 is 0 Å². The molecular weight excluding hydrogens is 336 g/mol. The van der Waals surface area contributed by atoms with Crippen LogP contribution >= 0.6 is 0 Å². The molecule has 1 amide bonds. The third-order valence-electron chi connectivity index (χ3n) is 5.08. The fraction of sp³-hybridized carbons (Fsp3) is 0.348. The number of methoxy groups -OCH3 is 1. The number of fused-ring (bicyclic) bond motifs is 1. The van der Waals surface area contributed by atoms with E-state index in [2.05, 4.69) is 66.3 Å². The highest BCUT2D eigenvalue weighted by Crippen LogP contribution is 2.34. The van der Waals surface area contributed by atoms with E-state index >= 15 is 0 Å². The van der Waals surface area contributed by atoms with Gasteiger partial charge in [-0.2, -0.15) is 0 Å². The molecule has 2 aromatic carbocycles. The number of ether oxygens (including phenoxy) is 1. The largest absolute Gasteiger partial charge is 0.497 e. The standard InChI is InChI=1S/C23H28N2O2/c1-17(26)24-16-23(2,3)21-15-25(13-12-18-8-6-5-7-9-18)22-11-10-19(27-4)14-20(21)22/h5-11,14-15H,12-13,16H2,1-4H3,(H,24,26). The molecule has 0 saturated heterocycles. The molecule has 0 aliphatic carbocycles. The molecule has 1 aromatic heterocycles. The Kier molecular flexibility index (Phi) is 5.54. The van der Waals surface area contributed by atoms with E-state index in [1.807, 2.05) is 12.1 Å². The fourth-order valence-corrected chi connectivity index (χ4v) is 3.46. The number of aryl methyl sites for hydroxylation is 2. The van der Waals surface area contributed by atoms with Gasteiger partial charge in [-0.3, -0.25) is 4.79 Å². The molecule has 0 unspecified atom stereocenters. The van der Waals surface area contributed by atoms with Gasteiger partial charge in [0.15, 0.2) is 0 Å². The van der Waals surface area contributed by atoms with Gasteiger partial charge in [-0.05, 0) is 35.7 Å². The smallest absolute Gasteiger partial charge is 0.216 e. The van der Waals surface area contributed by atoms with E-state index in [0.717, 1.165) is 18.7 Å². The van der Waals surface area contributed by atoms with Crippen molar-refractivity contribution < 1.29 is 9.53 Å². The molecule has 4 nitrogen and oxygen atoms in total. The van der Waals surface area contributed by atoms with E-state index in [0.29, 0.717) is 6.54 Å². The molecule has 0 bridgehead atoms. The Morgan fingerprint density at radius 1 is 1.15 bits per heavy atom. The predicted octanol–water partition coefficient (Wildman–Crippen LogP) is 4.31. The number of hydrogen-bond donors (Lipinski definition) is 1. The maximum Gasteiger partial charge on any atom is 0.216 e. The number of carbonyl (C=O) groups excluding carboxylic acids is 1. The van der Waals surface area contributed by atoms with Gasteiger partial charge < -0.3 is 14.6 Å². The molecule has 0 radical (unpaired) electrons. The van der Waals surface area contributed by atoms with Crippen LogP contribution in [0.5, 0.6) is 5.75 Å². The van der Waals surface area contributed by atoms with Crippen LogP contribution in [0.3, 0.4) is 0 Å². The van der Waals surface area contributed by atoms with Crippen LogP contribution in [0.4, 0.5) is 0 Å².